The van der Waals surface area contributed by atoms with Crippen LogP contribution in [0.4, 0.5) is 15.8 Å². The summed E-state index contributed by atoms with van der Waals surface area (Å²) in [5.41, 5.74) is -0.180. The number of nitrogens with one attached hydrogen (secondary N) is 1. The number of ether oxygens (including phenoxy) is 2. The van der Waals surface area contributed by atoms with Crippen molar-refractivity contribution in [2.45, 2.75) is 37.8 Å². The van der Waals surface area contributed by atoms with E-state index in [2.05, 4.69) is 5.32 Å². The van der Waals surface area contributed by atoms with Crippen molar-refractivity contribution in [3.63, 3.8) is 0 Å². The fraction of sp³-hybridized carbons (Fsp3) is 0.290. The molecule has 1 heterocycles. The zero-order valence-corrected chi connectivity index (χ0v) is 22.8. The van der Waals surface area contributed by atoms with Gasteiger partial charge in [-0.25, -0.2) is 4.39 Å². The van der Waals surface area contributed by atoms with E-state index < -0.39 is 41.4 Å². The van der Waals surface area contributed by atoms with E-state index >= 15 is 0 Å². The van der Waals surface area contributed by atoms with Crippen molar-refractivity contribution < 1.29 is 33.0 Å². The van der Waals surface area contributed by atoms with Crippen molar-refractivity contribution in [1.29, 1.82) is 0 Å². The molecule has 1 aliphatic heterocycles. The van der Waals surface area contributed by atoms with Gasteiger partial charge in [0.05, 0.1) is 31.2 Å². The Balaban J connectivity index is 1.52. The molecule has 3 aromatic rings. The first-order valence-electron chi connectivity index (χ1n) is 13.3. The van der Waals surface area contributed by atoms with Crippen LogP contribution in [0.1, 0.15) is 41.6 Å². The molecule has 1 N–H and O–H groups in total. The van der Waals surface area contributed by atoms with Gasteiger partial charge < -0.3 is 19.7 Å². The summed E-state index contributed by atoms with van der Waals surface area (Å²) in [5.74, 6) is -2.16. The van der Waals surface area contributed by atoms with Crippen LogP contribution in [0.25, 0.3) is 0 Å². The number of nitrogens with zero attached hydrogens (tertiary/aromatic N) is 2. The highest BCUT2D eigenvalue weighted by molar-refractivity contribution is 6.52. The number of fused-ring (bicyclic) bond motifs is 1. The summed E-state index contributed by atoms with van der Waals surface area (Å²) < 4.78 is 25.6. The normalized spacial score (nSPS) is 15.4. The van der Waals surface area contributed by atoms with Gasteiger partial charge in [0.2, 0.25) is 11.8 Å². The Morgan fingerprint density at radius 2 is 1.68 bits per heavy atom. The number of hydrogen-bond donors (Lipinski definition) is 1. The van der Waals surface area contributed by atoms with E-state index in [4.69, 9.17) is 9.47 Å². The maximum atomic E-state index is 14.9. The van der Waals surface area contributed by atoms with E-state index in [1.807, 2.05) is 0 Å². The van der Waals surface area contributed by atoms with Crippen LogP contribution in [0.15, 0.2) is 66.7 Å². The smallest absolute Gasteiger partial charge is 0.299 e. The van der Waals surface area contributed by atoms with Crippen LogP contribution in [-0.4, -0.2) is 54.7 Å². The highest BCUT2D eigenvalue weighted by Gasteiger charge is 2.49. The molecular formula is C31H30FN3O6. The summed E-state index contributed by atoms with van der Waals surface area (Å²) >= 11 is 0. The van der Waals surface area contributed by atoms with Gasteiger partial charge >= 0.3 is 0 Å². The highest BCUT2D eigenvalue weighted by atomic mass is 19.1. The number of benzene rings is 3. The van der Waals surface area contributed by atoms with Crippen LogP contribution in [-0.2, 0) is 20.9 Å². The SMILES string of the molecule is COc1ccc(NC(=O)C2(N(Cc3ccccc3F)C(=O)CN3C(=O)C(=O)c4ccccc43)CCCC2)c(OC)c1. The number of ketones is 1. The van der Waals surface area contributed by atoms with Gasteiger partial charge in [-0.15, -0.1) is 0 Å². The maximum absolute atomic E-state index is 14.9. The van der Waals surface area contributed by atoms with Crippen molar-refractivity contribution in [2.75, 3.05) is 31.0 Å². The monoisotopic (exact) mass is 559 g/mol. The number of rotatable bonds is 9. The van der Waals surface area contributed by atoms with Gasteiger partial charge in [0.15, 0.2) is 0 Å². The zero-order valence-electron chi connectivity index (χ0n) is 22.8. The van der Waals surface area contributed by atoms with Gasteiger partial charge in [0.1, 0.15) is 29.4 Å². The molecule has 0 saturated heterocycles. The van der Waals surface area contributed by atoms with Gasteiger partial charge in [0.25, 0.3) is 11.7 Å². The molecule has 41 heavy (non-hydrogen) atoms. The van der Waals surface area contributed by atoms with Crippen molar-refractivity contribution in [2.24, 2.45) is 0 Å². The number of amides is 3. The summed E-state index contributed by atoms with van der Waals surface area (Å²) in [6, 6.07) is 17.5. The molecule has 212 valence electrons. The Hall–Kier alpha value is -4.73. The Kier molecular flexibility index (Phi) is 7.74. The summed E-state index contributed by atoms with van der Waals surface area (Å²) in [4.78, 5) is 56.2. The van der Waals surface area contributed by atoms with Gasteiger partial charge in [0, 0.05) is 18.2 Å². The maximum Gasteiger partial charge on any atom is 0.299 e. The van der Waals surface area contributed by atoms with E-state index in [1.165, 1.54) is 31.3 Å². The number of Topliss-reactive ketones (excluding diaryl/α,β-unsaturated/α-hetero) is 1. The van der Waals surface area contributed by atoms with E-state index in [0.29, 0.717) is 48.6 Å². The second kappa shape index (κ2) is 11.4. The van der Waals surface area contributed by atoms with Gasteiger partial charge in [-0.2, -0.15) is 0 Å². The molecule has 10 heteroatoms. The molecule has 5 rings (SSSR count). The first-order chi connectivity index (χ1) is 19.8. The number of carbonyl (C=O) groups excluding carboxylic acids is 4. The summed E-state index contributed by atoms with van der Waals surface area (Å²) in [6.45, 7) is -0.673. The third kappa shape index (κ3) is 5.13. The minimum Gasteiger partial charge on any atom is -0.497 e. The second-order valence-electron chi connectivity index (χ2n) is 10.1. The van der Waals surface area contributed by atoms with Gasteiger partial charge in [-0.1, -0.05) is 43.2 Å². The van der Waals surface area contributed by atoms with Crippen LogP contribution in [0.5, 0.6) is 11.5 Å². The number of hydrogen-bond acceptors (Lipinski definition) is 6. The molecular weight excluding hydrogens is 529 g/mol. The number of anilines is 2. The molecule has 2 aliphatic rings. The molecule has 1 fully saturated rings. The molecule has 1 aliphatic carbocycles. The second-order valence-corrected chi connectivity index (χ2v) is 10.1. The van der Waals surface area contributed by atoms with Crippen LogP contribution >= 0.6 is 0 Å². The lowest BCUT2D eigenvalue weighted by molar-refractivity contribution is -0.145. The zero-order chi connectivity index (χ0) is 29.1. The molecule has 0 radical (unpaired) electrons. The van der Waals surface area contributed by atoms with Crippen LogP contribution in [0, 0.1) is 5.82 Å². The highest BCUT2D eigenvalue weighted by Crippen LogP contribution is 2.40. The molecule has 0 unspecified atom stereocenters. The molecule has 1 saturated carbocycles. The summed E-state index contributed by atoms with van der Waals surface area (Å²) in [5, 5.41) is 2.91. The van der Waals surface area contributed by atoms with Crippen LogP contribution in [0.3, 0.4) is 0 Å². The summed E-state index contributed by atoms with van der Waals surface area (Å²) in [6.07, 6.45) is 2.00. The fourth-order valence-electron chi connectivity index (χ4n) is 5.62. The van der Waals surface area contributed by atoms with Crippen LogP contribution < -0.4 is 19.7 Å². The van der Waals surface area contributed by atoms with Crippen molar-refractivity contribution >= 4 is 34.9 Å². The third-order valence-electron chi connectivity index (χ3n) is 7.79. The first-order valence-corrected chi connectivity index (χ1v) is 13.3. The minimum absolute atomic E-state index is 0.198. The first kappa shape index (κ1) is 27.8. The van der Waals surface area contributed by atoms with E-state index in [-0.39, 0.29) is 17.7 Å². The molecule has 3 aromatic carbocycles. The van der Waals surface area contributed by atoms with Crippen molar-refractivity contribution in [1.82, 2.24) is 4.90 Å². The number of para-hydroxylation sites is 1. The minimum atomic E-state index is -1.34. The Labute approximate surface area is 236 Å². The average molecular weight is 560 g/mol. The predicted molar refractivity (Wildman–Crippen MR) is 149 cm³/mol. The number of carbonyl (C=O) groups is 4. The number of methoxy groups -OCH3 is 2. The van der Waals surface area contributed by atoms with Gasteiger partial charge in [-0.05, 0) is 43.2 Å². The molecule has 0 spiro atoms. The molecule has 0 aromatic heterocycles. The quantitative estimate of drug-likeness (QED) is 0.391. The molecule has 0 bridgehead atoms. The molecule has 3 amide bonds. The van der Waals surface area contributed by atoms with E-state index in [1.54, 1.807) is 54.6 Å². The Morgan fingerprint density at radius 1 is 0.976 bits per heavy atom. The molecule has 9 nitrogen and oxygen atoms in total. The lowest BCUT2D eigenvalue weighted by atomic mass is 9.92. The third-order valence-corrected chi connectivity index (χ3v) is 7.79. The number of halogens is 1. The van der Waals surface area contributed by atoms with Crippen molar-refractivity contribution in [3.8, 4) is 11.5 Å². The standard InChI is InChI=1S/C31H30FN3O6/c1-40-21-13-14-24(26(17-21)41-2)33-30(39)31(15-7-8-16-31)35(18-20-9-3-5-11-23(20)32)27(36)19-34-25-12-6-4-10-22(25)28(37)29(34)38/h3-6,9-14,17H,7-8,15-16,18-19H2,1-2H3,(H,33,39). The van der Waals surface area contributed by atoms with E-state index in [9.17, 15) is 23.6 Å². The van der Waals surface area contributed by atoms with E-state index in [0.717, 1.165) is 4.90 Å². The topological polar surface area (TPSA) is 105 Å². The Morgan fingerprint density at radius 3 is 2.39 bits per heavy atom. The summed E-state index contributed by atoms with van der Waals surface area (Å²) in [7, 11) is 2.99. The predicted octanol–water partition coefficient (Wildman–Crippen LogP) is 4.35. The fourth-order valence-corrected chi connectivity index (χ4v) is 5.62. The average Bonchev–Trinajstić information content (AvgIpc) is 3.57. The van der Waals surface area contributed by atoms with Gasteiger partial charge in [-0.3, -0.25) is 24.1 Å². The molecule has 0 atom stereocenters. The lowest BCUT2D eigenvalue weighted by Crippen LogP contribution is -2.59. The largest absolute Gasteiger partial charge is 0.497 e. The lowest BCUT2D eigenvalue weighted by Gasteiger charge is -2.41. The van der Waals surface area contributed by atoms with Crippen molar-refractivity contribution in [3.05, 3.63) is 83.7 Å². The van der Waals surface area contributed by atoms with Crippen LogP contribution in [0.2, 0.25) is 0 Å². The Bertz CT molecular complexity index is 1520.